The molecule has 0 aliphatic carbocycles. The average molecular weight is 524 g/mol. The number of carboxylic acids is 2. The zero-order valence-corrected chi connectivity index (χ0v) is 20.5. The monoisotopic (exact) mass is 523 g/mol. The number of benzene rings is 1. The van der Waals surface area contributed by atoms with E-state index in [2.05, 4.69) is 16.0 Å². The average Bonchev–Trinajstić information content (AvgIpc) is 2.80. The van der Waals surface area contributed by atoms with Crippen molar-refractivity contribution >= 4 is 35.6 Å². The second kappa shape index (κ2) is 14.4. The maximum absolute atomic E-state index is 13.1. The quantitative estimate of drug-likeness (QED) is 0.128. The highest BCUT2D eigenvalue weighted by Crippen LogP contribution is 2.12. The van der Waals surface area contributed by atoms with E-state index in [1.54, 1.807) is 13.8 Å². The van der Waals surface area contributed by atoms with Gasteiger partial charge >= 0.3 is 11.9 Å². The van der Waals surface area contributed by atoms with E-state index in [-0.39, 0.29) is 30.9 Å². The molecular weight excluding hydrogens is 490 g/mol. The molecule has 0 aromatic heterocycles. The van der Waals surface area contributed by atoms with Gasteiger partial charge < -0.3 is 42.7 Å². The van der Waals surface area contributed by atoms with E-state index in [0.29, 0.717) is 5.56 Å². The fraction of sp³-hybridized carbons (Fsp3) is 0.478. The maximum Gasteiger partial charge on any atom is 0.326 e. The standard InChI is InChI=1S/C23H33N5O9/c1-11(2)19(25)22(35)26-14(7-8-17(24)30)20(33)27-15(9-12-3-5-13(29)6-4-12)21(34)28-16(23(36)37)10-18(31)32/h3-6,11,14-16,19,29H,7-10,25H2,1-2H3,(H2,24,30)(H,26,35)(H,27,33)(H,28,34)(H,31,32)(H,36,37). The highest BCUT2D eigenvalue weighted by molar-refractivity contribution is 5.95. The molecule has 0 spiro atoms. The van der Waals surface area contributed by atoms with Crippen molar-refractivity contribution < 1.29 is 44.1 Å². The summed E-state index contributed by atoms with van der Waals surface area (Å²) in [6.07, 6.45) is -1.57. The number of phenolic OH excluding ortho intramolecular Hbond substituents is 1. The summed E-state index contributed by atoms with van der Waals surface area (Å²) < 4.78 is 0. The van der Waals surface area contributed by atoms with Crippen LogP contribution in [-0.4, -0.2) is 75.1 Å². The van der Waals surface area contributed by atoms with Crippen molar-refractivity contribution in [2.24, 2.45) is 17.4 Å². The van der Waals surface area contributed by atoms with Gasteiger partial charge in [-0.05, 0) is 30.0 Å². The number of carbonyl (C=O) groups excluding carboxylic acids is 4. The number of nitrogens with two attached hydrogens (primary N) is 2. The number of carboxylic acid groups (broad SMARTS) is 2. The fourth-order valence-electron chi connectivity index (χ4n) is 3.12. The molecule has 1 aromatic rings. The highest BCUT2D eigenvalue weighted by atomic mass is 16.4. The van der Waals surface area contributed by atoms with Gasteiger partial charge in [0.1, 0.15) is 23.9 Å². The van der Waals surface area contributed by atoms with E-state index < -0.39 is 66.2 Å². The minimum Gasteiger partial charge on any atom is -0.508 e. The number of carbonyl (C=O) groups is 6. The van der Waals surface area contributed by atoms with Gasteiger partial charge in [0.25, 0.3) is 0 Å². The van der Waals surface area contributed by atoms with Crippen LogP contribution in [0.3, 0.4) is 0 Å². The SMILES string of the molecule is CC(C)C(N)C(=O)NC(CCC(N)=O)C(=O)NC(Cc1ccc(O)cc1)C(=O)NC(CC(=O)O)C(=O)O. The lowest BCUT2D eigenvalue weighted by atomic mass is 10.0. The molecule has 204 valence electrons. The number of nitrogens with one attached hydrogen (secondary N) is 3. The van der Waals surface area contributed by atoms with Crippen LogP contribution < -0.4 is 27.4 Å². The molecule has 4 atom stereocenters. The summed E-state index contributed by atoms with van der Waals surface area (Å²) in [4.78, 5) is 72.2. The van der Waals surface area contributed by atoms with Crippen molar-refractivity contribution in [3.63, 3.8) is 0 Å². The van der Waals surface area contributed by atoms with E-state index in [1.807, 2.05) is 0 Å². The molecule has 0 saturated carbocycles. The molecule has 37 heavy (non-hydrogen) atoms. The van der Waals surface area contributed by atoms with Gasteiger partial charge in [-0.3, -0.25) is 24.0 Å². The summed E-state index contributed by atoms with van der Waals surface area (Å²) in [5, 5.41) is 34.6. The van der Waals surface area contributed by atoms with E-state index in [9.17, 15) is 39.0 Å². The number of aliphatic carboxylic acids is 2. The molecule has 0 radical (unpaired) electrons. The largest absolute Gasteiger partial charge is 0.508 e. The predicted molar refractivity (Wildman–Crippen MR) is 129 cm³/mol. The molecule has 0 saturated heterocycles. The third-order valence-corrected chi connectivity index (χ3v) is 5.34. The summed E-state index contributed by atoms with van der Waals surface area (Å²) in [5.74, 6) is -6.69. The van der Waals surface area contributed by atoms with E-state index in [1.165, 1.54) is 24.3 Å². The predicted octanol–water partition coefficient (Wildman–Crippen LogP) is -1.80. The van der Waals surface area contributed by atoms with Crippen molar-refractivity contribution in [2.75, 3.05) is 0 Å². The summed E-state index contributed by atoms with van der Waals surface area (Å²) in [5.41, 5.74) is 11.5. The molecular formula is C23H33N5O9. The summed E-state index contributed by atoms with van der Waals surface area (Å²) >= 11 is 0. The van der Waals surface area contributed by atoms with Crippen LogP contribution >= 0.6 is 0 Å². The Labute approximate surface area is 212 Å². The number of aromatic hydroxyl groups is 1. The molecule has 1 rings (SSSR count). The zero-order chi connectivity index (χ0) is 28.3. The molecule has 0 fully saturated rings. The molecule has 0 aliphatic rings. The Kier molecular flexibility index (Phi) is 12.0. The third-order valence-electron chi connectivity index (χ3n) is 5.34. The van der Waals surface area contributed by atoms with Gasteiger partial charge in [-0.15, -0.1) is 0 Å². The van der Waals surface area contributed by atoms with Crippen LogP contribution in [0.5, 0.6) is 5.75 Å². The van der Waals surface area contributed by atoms with Gasteiger partial charge in [0.05, 0.1) is 12.5 Å². The van der Waals surface area contributed by atoms with Crippen LogP contribution in [0.4, 0.5) is 0 Å². The number of hydrogen-bond donors (Lipinski definition) is 8. The van der Waals surface area contributed by atoms with Crippen LogP contribution in [0.2, 0.25) is 0 Å². The van der Waals surface area contributed by atoms with Crippen LogP contribution in [0, 0.1) is 5.92 Å². The topological polar surface area (TPSA) is 251 Å². The van der Waals surface area contributed by atoms with Gasteiger partial charge in [0.2, 0.25) is 23.6 Å². The Morgan fingerprint density at radius 1 is 0.838 bits per heavy atom. The molecule has 0 aliphatic heterocycles. The van der Waals surface area contributed by atoms with E-state index in [4.69, 9.17) is 16.6 Å². The zero-order valence-electron chi connectivity index (χ0n) is 20.5. The van der Waals surface area contributed by atoms with Crippen LogP contribution in [0.25, 0.3) is 0 Å². The smallest absolute Gasteiger partial charge is 0.326 e. The lowest BCUT2D eigenvalue weighted by Gasteiger charge is -2.25. The van der Waals surface area contributed by atoms with E-state index in [0.717, 1.165) is 0 Å². The first-order chi connectivity index (χ1) is 17.2. The van der Waals surface area contributed by atoms with E-state index >= 15 is 0 Å². The minimum absolute atomic E-state index is 0.0584. The number of phenols is 1. The van der Waals surface area contributed by atoms with Gasteiger partial charge in [-0.25, -0.2) is 4.79 Å². The van der Waals surface area contributed by atoms with Crippen molar-refractivity contribution in [1.82, 2.24) is 16.0 Å². The minimum atomic E-state index is -1.78. The highest BCUT2D eigenvalue weighted by Gasteiger charge is 2.31. The fourth-order valence-corrected chi connectivity index (χ4v) is 3.12. The van der Waals surface area contributed by atoms with Crippen molar-refractivity contribution in [2.45, 2.75) is 63.7 Å². The van der Waals surface area contributed by atoms with Gasteiger partial charge in [0.15, 0.2) is 0 Å². The van der Waals surface area contributed by atoms with Gasteiger partial charge in [-0.1, -0.05) is 26.0 Å². The number of hydrogen-bond acceptors (Lipinski definition) is 8. The Morgan fingerprint density at radius 3 is 1.84 bits per heavy atom. The summed E-state index contributed by atoms with van der Waals surface area (Å²) in [6, 6.07) is 0.114. The maximum atomic E-state index is 13.1. The van der Waals surface area contributed by atoms with Crippen LogP contribution in [-0.2, 0) is 35.2 Å². The lowest BCUT2D eigenvalue weighted by Crippen LogP contribution is -2.58. The second-order valence-corrected chi connectivity index (χ2v) is 8.76. The summed E-state index contributed by atoms with van der Waals surface area (Å²) in [7, 11) is 0. The number of amides is 4. The van der Waals surface area contributed by atoms with Gasteiger partial charge in [0, 0.05) is 12.8 Å². The van der Waals surface area contributed by atoms with Gasteiger partial charge in [-0.2, -0.15) is 0 Å². The molecule has 1 aromatic carbocycles. The molecule has 0 heterocycles. The summed E-state index contributed by atoms with van der Waals surface area (Å²) in [6.45, 7) is 3.38. The molecule has 4 amide bonds. The Hall–Kier alpha value is -4.20. The Morgan fingerprint density at radius 2 is 1.35 bits per heavy atom. The molecule has 14 heteroatoms. The number of rotatable bonds is 15. The lowest BCUT2D eigenvalue weighted by molar-refractivity contribution is -0.147. The van der Waals surface area contributed by atoms with Crippen molar-refractivity contribution in [1.29, 1.82) is 0 Å². The Balaban J connectivity index is 3.20. The van der Waals surface area contributed by atoms with Crippen LogP contribution in [0.1, 0.15) is 38.7 Å². The Bertz CT molecular complexity index is 997. The molecule has 14 nitrogen and oxygen atoms in total. The molecule has 0 bridgehead atoms. The van der Waals surface area contributed by atoms with Crippen molar-refractivity contribution in [3.05, 3.63) is 29.8 Å². The normalized spacial score (nSPS) is 14.1. The van der Waals surface area contributed by atoms with Crippen LogP contribution in [0.15, 0.2) is 24.3 Å². The first-order valence-electron chi connectivity index (χ1n) is 11.4. The number of primary amides is 1. The third kappa shape index (κ3) is 10.9. The first kappa shape index (κ1) is 30.8. The molecule has 4 unspecified atom stereocenters. The van der Waals surface area contributed by atoms with Crippen molar-refractivity contribution in [3.8, 4) is 5.75 Å². The first-order valence-corrected chi connectivity index (χ1v) is 11.4. The molecule has 10 N–H and O–H groups in total. The second-order valence-electron chi connectivity index (χ2n) is 8.76.